The minimum absolute atomic E-state index is 0.461. The quantitative estimate of drug-likeness (QED) is 0.562. The minimum atomic E-state index is 0.461. The van der Waals surface area contributed by atoms with Crippen molar-refractivity contribution in [2.75, 3.05) is 13.1 Å². The van der Waals surface area contributed by atoms with Crippen LogP contribution < -0.4 is 0 Å². The first kappa shape index (κ1) is 16.3. The van der Waals surface area contributed by atoms with Gasteiger partial charge in [-0.2, -0.15) is 5.10 Å². The van der Waals surface area contributed by atoms with Crippen LogP contribution in [0.1, 0.15) is 30.0 Å². The van der Waals surface area contributed by atoms with Crippen LogP contribution in [0.3, 0.4) is 0 Å². The molecule has 0 unspecified atom stereocenters. The highest BCUT2D eigenvalue weighted by atomic mass is 15.3. The maximum Gasteiger partial charge on any atom is 0.176 e. The largest absolute Gasteiger partial charge is 0.299 e. The SMILES string of the molecule is Cn1nc(C2CCN(Cc3ccc4ncccc4c3)CC2)c2nccnc21. The van der Waals surface area contributed by atoms with E-state index in [0.717, 1.165) is 54.9 Å². The summed E-state index contributed by atoms with van der Waals surface area (Å²) in [6.07, 6.45) is 7.56. The number of pyridine rings is 1. The summed E-state index contributed by atoms with van der Waals surface area (Å²) in [5, 5.41) is 5.93. The number of rotatable bonds is 3. The molecule has 1 saturated heterocycles. The average molecular weight is 358 g/mol. The van der Waals surface area contributed by atoms with Crippen LogP contribution in [-0.2, 0) is 13.6 Å². The molecule has 0 amide bonds. The van der Waals surface area contributed by atoms with Crippen molar-refractivity contribution in [3.05, 3.63) is 60.2 Å². The lowest BCUT2D eigenvalue weighted by Gasteiger charge is -2.31. The maximum atomic E-state index is 4.72. The lowest BCUT2D eigenvalue weighted by Crippen LogP contribution is -2.32. The van der Waals surface area contributed by atoms with Crippen LogP contribution in [0.2, 0.25) is 0 Å². The van der Waals surface area contributed by atoms with E-state index in [1.54, 1.807) is 12.4 Å². The normalized spacial score (nSPS) is 16.3. The molecule has 0 saturated carbocycles. The summed E-state index contributed by atoms with van der Waals surface area (Å²) in [5.41, 5.74) is 5.35. The molecule has 0 atom stereocenters. The predicted molar refractivity (Wildman–Crippen MR) is 105 cm³/mol. The summed E-state index contributed by atoms with van der Waals surface area (Å²) in [6, 6.07) is 10.7. The van der Waals surface area contributed by atoms with Gasteiger partial charge in [0.25, 0.3) is 0 Å². The Balaban J connectivity index is 1.29. The monoisotopic (exact) mass is 358 g/mol. The van der Waals surface area contributed by atoms with E-state index >= 15 is 0 Å². The molecule has 0 bridgehead atoms. The van der Waals surface area contributed by atoms with Gasteiger partial charge >= 0.3 is 0 Å². The van der Waals surface area contributed by atoms with E-state index in [2.05, 4.69) is 44.1 Å². The molecule has 136 valence electrons. The van der Waals surface area contributed by atoms with E-state index in [-0.39, 0.29) is 0 Å². The molecule has 1 fully saturated rings. The van der Waals surface area contributed by atoms with E-state index in [4.69, 9.17) is 5.10 Å². The van der Waals surface area contributed by atoms with E-state index in [1.807, 2.05) is 24.0 Å². The smallest absolute Gasteiger partial charge is 0.176 e. The predicted octanol–water partition coefficient (Wildman–Crippen LogP) is 3.29. The molecule has 0 spiro atoms. The van der Waals surface area contributed by atoms with E-state index in [1.165, 1.54) is 10.9 Å². The molecule has 27 heavy (non-hydrogen) atoms. The van der Waals surface area contributed by atoms with Crippen molar-refractivity contribution in [2.45, 2.75) is 25.3 Å². The van der Waals surface area contributed by atoms with Gasteiger partial charge in [-0.3, -0.25) is 9.88 Å². The van der Waals surface area contributed by atoms with Gasteiger partial charge in [-0.15, -0.1) is 0 Å². The molecule has 4 aromatic rings. The molecule has 1 aliphatic rings. The Morgan fingerprint density at radius 1 is 1.00 bits per heavy atom. The number of likely N-dealkylation sites (tertiary alicyclic amines) is 1. The number of hydrogen-bond acceptors (Lipinski definition) is 5. The molecule has 1 aromatic carbocycles. The zero-order valence-electron chi connectivity index (χ0n) is 15.4. The molecule has 5 rings (SSSR count). The summed E-state index contributed by atoms with van der Waals surface area (Å²) in [4.78, 5) is 15.9. The number of aryl methyl sites for hydroxylation is 1. The van der Waals surface area contributed by atoms with Gasteiger partial charge in [0.05, 0.1) is 11.2 Å². The fourth-order valence-electron chi connectivity index (χ4n) is 4.13. The van der Waals surface area contributed by atoms with Gasteiger partial charge in [0.2, 0.25) is 0 Å². The Bertz CT molecular complexity index is 1090. The highest BCUT2D eigenvalue weighted by Gasteiger charge is 2.25. The standard InChI is InChI=1S/C21H22N6/c1-26-21-20(23-9-10-24-21)19(25-26)16-6-11-27(12-7-16)14-15-4-5-18-17(13-15)3-2-8-22-18/h2-5,8-10,13,16H,6-7,11-12,14H2,1H3. The molecular formula is C21H22N6. The van der Waals surface area contributed by atoms with Crippen molar-refractivity contribution < 1.29 is 0 Å². The summed E-state index contributed by atoms with van der Waals surface area (Å²) in [7, 11) is 1.95. The van der Waals surface area contributed by atoms with E-state index in [0.29, 0.717) is 5.92 Å². The molecule has 0 aliphatic carbocycles. The van der Waals surface area contributed by atoms with E-state index in [9.17, 15) is 0 Å². The topological polar surface area (TPSA) is 59.7 Å². The average Bonchev–Trinajstić information content (AvgIpc) is 3.05. The van der Waals surface area contributed by atoms with Gasteiger partial charge in [-0.1, -0.05) is 12.1 Å². The van der Waals surface area contributed by atoms with Gasteiger partial charge in [0.1, 0.15) is 5.52 Å². The lowest BCUT2D eigenvalue weighted by molar-refractivity contribution is 0.203. The summed E-state index contributed by atoms with van der Waals surface area (Å²) in [5.74, 6) is 0.461. The Morgan fingerprint density at radius 2 is 1.85 bits per heavy atom. The van der Waals surface area contributed by atoms with Crippen LogP contribution in [0.25, 0.3) is 22.1 Å². The van der Waals surface area contributed by atoms with Crippen molar-refractivity contribution in [3.63, 3.8) is 0 Å². The van der Waals surface area contributed by atoms with E-state index < -0.39 is 0 Å². The molecule has 4 heterocycles. The summed E-state index contributed by atoms with van der Waals surface area (Å²) >= 11 is 0. The Labute approximate surface area is 157 Å². The first-order valence-corrected chi connectivity index (χ1v) is 9.47. The molecule has 0 N–H and O–H groups in total. The molecule has 6 heteroatoms. The number of hydrogen-bond donors (Lipinski definition) is 0. The van der Waals surface area contributed by atoms with Gasteiger partial charge in [-0.25, -0.2) is 14.6 Å². The second-order valence-corrected chi connectivity index (χ2v) is 7.32. The van der Waals surface area contributed by atoms with Gasteiger partial charge < -0.3 is 0 Å². The number of benzene rings is 1. The molecule has 6 nitrogen and oxygen atoms in total. The minimum Gasteiger partial charge on any atom is -0.299 e. The van der Waals surface area contributed by atoms with Gasteiger partial charge in [0.15, 0.2) is 5.65 Å². The van der Waals surface area contributed by atoms with Crippen LogP contribution in [0.5, 0.6) is 0 Å². The highest BCUT2D eigenvalue weighted by Crippen LogP contribution is 2.31. The van der Waals surface area contributed by atoms with Crippen LogP contribution in [-0.4, -0.2) is 42.7 Å². The number of fused-ring (bicyclic) bond motifs is 2. The third-order valence-electron chi connectivity index (χ3n) is 5.53. The van der Waals surface area contributed by atoms with Crippen LogP contribution in [0, 0.1) is 0 Å². The second-order valence-electron chi connectivity index (χ2n) is 7.32. The Kier molecular flexibility index (Phi) is 4.05. The molecule has 1 aliphatic heterocycles. The maximum absolute atomic E-state index is 4.72. The zero-order valence-corrected chi connectivity index (χ0v) is 15.4. The fourth-order valence-corrected chi connectivity index (χ4v) is 4.13. The third-order valence-corrected chi connectivity index (χ3v) is 5.53. The fraction of sp³-hybridized carbons (Fsp3) is 0.333. The van der Waals surface area contributed by atoms with Crippen LogP contribution in [0.15, 0.2) is 48.9 Å². The summed E-state index contributed by atoms with van der Waals surface area (Å²) in [6.45, 7) is 3.14. The van der Waals surface area contributed by atoms with Crippen molar-refractivity contribution in [1.29, 1.82) is 0 Å². The Hall–Kier alpha value is -2.86. The third kappa shape index (κ3) is 3.06. The van der Waals surface area contributed by atoms with Crippen molar-refractivity contribution in [3.8, 4) is 0 Å². The molecule has 3 aromatic heterocycles. The van der Waals surface area contributed by atoms with Crippen LogP contribution in [0.4, 0.5) is 0 Å². The van der Waals surface area contributed by atoms with Gasteiger partial charge in [-0.05, 0) is 49.7 Å². The van der Waals surface area contributed by atoms with Crippen molar-refractivity contribution >= 4 is 22.1 Å². The van der Waals surface area contributed by atoms with Crippen molar-refractivity contribution in [2.24, 2.45) is 7.05 Å². The highest BCUT2D eigenvalue weighted by molar-refractivity contribution is 5.78. The van der Waals surface area contributed by atoms with Crippen LogP contribution >= 0.6 is 0 Å². The second kappa shape index (κ2) is 6.70. The van der Waals surface area contributed by atoms with Crippen molar-refractivity contribution in [1.82, 2.24) is 29.6 Å². The number of aromatic nitrogens is 5. The first-order valence-electron chi connectivity index (χ1n) is 9.47. The Morgan fingerprint density at radius 3 is 2.74 bits per heavy atom. The lowest BCUT2D eigenvalue weighted by atomic mass is 9.93. The number of piperidine rings is 1. The number of nitrogens with zero attached hydrogens (tertiary/aromatic N) is 6. The molecule has 0 radical (unpaired) electrons. The summed E-state index contributed by atoms with van der Waals surface area (Å²) < 4.78 is 1.85. The van der Waals surface area contributed by atoms with Gasteiger partial charge in [0, 0.05) is 43.5 Å². The first-order chi connectivity index (χ1) is 13.3. The molecular weight excluding hydrogens is 336 g/mol. The zero-order chi connectivity index (χ0) is 18.2.